The highest BCUT2D eigenvalue weighted by molar-refractivity contribution is 6.13. The Labute approximate surface area is 155 Å². The van der Waals surface area contributed by atoms with Gasteiger partial charge in [0.1, 0.15) is 5.41 Å². The minimum atomic E-state index is -0.815. The van der Waals surface area contributed by atoms with Crippen LogP contribution in [0.3, 0.4) is 0 Å². The molecular formula is C21H29N3O2. The summed E-state index contributed by atoms with van der Waals surface area (Å²) in [5, 5.41) is 2.99. The van der Waals surface area contributed by atoms with E-state index in [1.165, 1.54) is 24.9 Å². The van der Waals surface area contributed by atoms with E-state index in [0.29, 0.717) is 18.8 Å². The van der Waals surface area contributed by atoms with Crippen LogP contribution in [0.1, 0.15) is 45.4 Å². The van der Waals surface area contributed by atoms with E-state index < -0.39 is 5.41 Å². The van der Waals surface area contributed by atoms with E-state index in [1.807, 2.05) is 17.0 Å². The van der Waals surface area contributed by atoms with E-state index in [0.717, 1.165) is 38.3 Å². The van der Waals surface area contributed by atoms with Crippen LogP contribution in [-0.4, -0.2) is 42.9 Å². The zero-order chi connectivity index (χ0) is 18.1. The first-order chi connectivity index (χ1) is 12.6. The Bertz CT molecular complexity index is 675. The number of anilines is 2. The summed E-state index contributed by atoms with van der Waals surface area (Å²) in [6.07, 6.45) is 6.06. The molecule has 5 nitrogen and oxygen atoms in total. The van der Waals surface area contributed by atoms with Crippen molar-refractivity contribution in [3.05, 3.63) is 24.3 Å². The molecule has 4 rings (SSSR count). The van der Waals surface area contributed by atoms with Crippen molar-refractivity contribution in [1.82, 2.24) is 4.90 Å². The molecule has 1 unspecified atom stereocenters. The lowest BCUT2D eigenvalue weighted by atomic mass is 9.96. The number of nitrogens with zero attached hydrogens (tertiary/aromatic N) is 2. The largest absolute Gasteiger partial charge is 0.372 e. The predicted molar refractivity (Wildman–Crippen MR) is 103 cm³/mol. The quantitative estimate of drug-likeness (QED) is 0.844. The SMILES string of the molecule is CC1CCCN(C(=O)C2(C(=O)Nc3ccc(N4CCCC4)cc3)CC2)C1. The maximum atomic E-state index is 12.9. The van der Waals surface area contributed by atoms with Gasteiger partial charge in [0.05, 0.1) is 0 Å². The molecule has 0 aromatic heterocycles. The molecule has 0 spiro atoms. The molecule has 0 bridgehead atoms. The molecule has 140 valence electrons. The Hall–Kier alpha value is -2.04. The van der Waals surface area contributed by atoms with Gasteiger partial charge >= 0.3 is 0 Å². The Morgan fingerprint density at radius 1 is 1.04 bits per heavy atom. The topological polar surface area (TPSA) is 52.7 Å². The molecule has 3 aliphatic rings. The van der Waals surface area contributed by atoms with Crippen LogP contribution in [0.15, 0.2) is 24.3 Å². The fourth-order valence-electron chi connectivity index (χ4n) is 4.32. The van der Waals surface area contributed by atoms with Gasteiger partial charge in [-0.3, -0.25) is 9.59 Å². The number of hydrogen-bond donors (Lipinski definition) is 1. The number of likely N-dealkylation sites (tertiary alicyclic amines) is 1. The lowest BCUT2D eigenvalue weighted by Gasteiger charge is -2.33. The summed E-state index contributed by atoms with van der Waals surface area (Å²) in [5.74, 6) is 0.439. The van der Waals surface area contributed by atoms with Gasteiger partial charge in [0.15, 0.2) is 0 Å². The number of rotatable bonds is 4. The normalized spacial score (nSPS) is 24.4. The molecule has 2 aliphatic heterocycles. The third kappa shape index (κ3) is 3.31. The summed E-state index contributed by atoms with van der Waals surface area (Å²) in [4.78, 5) is 30.1. The third-order valence-corrected chi connectivity index (χ3v) is 6.13. The van der Waals surface area contributed by atoms with Gasteiger partial charge in [-0.15, -0.1) is 0 Å². The summed E-state index contributed by atoms with van der Waals surface area (Å²) in [6, 6.07) is 8.04. The average molecular weight is 355 g/mol. The van der Waals surface area contributed by atoms with Gasteiger partial charge in [0.2, 0.25) is 11.8 Å². The highest BCUT2D eigenvalue weighted by atomic mass is 16.2. The molecule has 1 aromatic carbocycles. The lowest BCUT2D eigenvalue weighted by molar-refractivity contribution is -0.143. The first-order valence-electron chi connectivity index (χ1n) is 10.0. The summed E-state index contributed by atoms with van der Waals surface area (Å²) in [6.45, 7) is 5.98. The molecule has 1 aromatic rings. The van der Waals surface area contributed by atoms with E-state index in [2.05, 4.69) is 29.3 Å². The second-order valence-corrected chi connectivity index (χ2v) is 8.28. The first kappa shape index (κ1) is 17.4. The number of hydrogen-bond acceptors (Lipinski definition) is 3. The molecule has 1 aliphatic carbocycles. The van der Waals surface area contributed by atoms with Gasteiger partial charge in [-0.25, -0.2) is 0 Å². The van der Waals surface area contributed by atoms with Crippen LogP contribution in [0.5, 0.6) is 0 Å². The Balaban J connectivity index is 1.40. The summed E-state index contributed by atoms with van der Waals surface area (Å²) in [7, 11) is 0. The lowest BCUT2D eigenvalue weighted by Crippen LogP contribution is -2.46. The van der Waals surface area contributed by atoms with Crippen molar-refractivity contribution in [2.75, 3.05) is 36.4 Å². The van der Waals surface area contributed by atoms with Crippen LogP contribution in [0.25, 0.3) is 0 Å². The van der Waals surface area contributed by atoms with Crippen LogP contribution >= 0.6 is 0 Å². The van der Waals surface area contributed by atoms with Crippen molar-refractivity contribution in [3.63, 3.8) is 0 Å². The number of nitrogens with one attached hydrogen (secondary N) is 1. The highest BCUT2D eigenvalue weighted by Gasteiger charge is 2.58. The maximum Gasteiger partial charge on any atom is 0.240 e. The number of amides is 2. The fourth-order valence-corrected chi connectivity index (χ4v) is 4.32. The zero-order valence-corrected chi connectivity index (χ0v) is 15.7. The van der Waals surface area contributed by atoms with Gasteiger partial charge in [-0.05, 0) is 68.7 Å². The molecule has 26 heavy (non-hydrogen) atoms. The molecule has 1 saturated carbocycles. The van der Waals surface area contributed by atoms with Crippen molar-refractivity contribution in [1.29, 1.82) is 0 Å². The van der Waals surface area contributed by atoms with Crippen molar-refractivity contribution in [2.24, 2.45) is 11.3 Å². The minimum Gasteiger partial charge on any atom is -0.372 e. The zero-order valence-electron chi connectivity index (χ0n) is 15.7. The number of carbonyl (C=O) groups excluding carboxylic acids is 2. The van der Waals surface area contributed by atoms with E-state index in [9.17, 15) is 9.59 Å². The molecule has 2 amide bonds. The number of carbonyl (C=O) groups is 2. The van der Waals surface area contributed by atoms with Crippen molar-refractivity contribution >= 4 is 23.2 Å². The van der Waals surface area contributed by atoms with E-state index in [4.69, 9.17) is 0 Å². The van der Waals surface area contributed by atoms with Crippen LogP contribution in [0.2, 0.25) is 0 Å². The first-order valence-corrected chi connectivity index (χ1v) is 10.0. The van der Waals surface area contributed by atoms with E-state index >= 15 is 0 Å². The van der Waals surface area contributed by atoms with Crippen LogP contribution in [-0.2, 0) is 9.59 Å². The molecule has 0 radical (unpaired) electrons. The van der Waals surface area contributed by atoms with Gasteiger partial charge in [0.25, 0.3) is 0 Å². The van der Waals surface area contributed by atoms with Gasteiger partial charge in [-0.2, -0.15) is 0 Å². The Morgan fingerprint density at radius 2 is 1.73 bits per heavy atom. The van der Waals surface area contributed by atoms with Gasteiger partial charge in [0, 0.05) is 37.6 Å². The fraction of sp³-hybridized carbons (Fsp3) is 0.619. The maximum absolute atomic E-state index is 12.9. The van der Waals surface area contributed by atoms with Gasteiger partial charge < -0.3 is 15.1 Å². The monoisotopic (exact) mass is 355 g/mol. The van der Waals surface area contributed by atoms with Crippen LogP contribution in [0, 0.1) is 11.3 Å². The Kier molecular flexibility index (Phi) is 4.63. The third-order valence-electron chi connectivity index (χ3n) is 6.13. The summed E-state index contributed by atoms with van der Waals surface area (Å²) in [5.41, 5.74) is 1.18. The summed E-state index contributed by atoms with van der Waals surface area (Å²) >= 11 is 0. The molecule has 5 heteroatoms. The van der Waals surface area contributed by atoms with Crippen LogP contribution in [0.4, 0.5) is 11.4 Å². The molecule has 1 atom stereocenters. The molecular weight excluding hydrogens is 326 g/mol. The molecule has 3 fully saturated rings. The average Bonchev–Trinajstić information content (AvgIpc) is 3.29. The van der Waals surface area contributed by atoms with E-state index in [1.54, 1.807) is 0 Å². The standard InChI is InChI=1S/C21H29N3O2/c1-16-5-4-14-24(15-16)20(26)21(10-11-21)19(25)22-17-6-8-18(9-7-17)23-12-2-3-13-23/h6-9,16H,2-5,10-15H2,1H3,(H,22,25). The Morgan fingerprint density at radius 3 is 2.35 bits per heavy atom. The van der Waals surface area contributed by atoms with Gasteiger partial charge in [-0.1, -0.05) is 6.92 Å². The smallest absolute Gasteiger partial charge is 0.240 e. The second-order valence-electron chi connectivity index (χ2n) is 8.28. The second kappa shape index (κ2) is 6.93. The molecule has 2 saturated heterocycles. The molecule has 2 heterocycles. The van der Waals surface area contributed by atoms with Crippen molar-refractivity contribution < 1.29 is 9.59 Å². The van der Waals surface area contributed by atoms with E-state index in [-0.39, 0.29) is 11.8 Å². The van der Waals surface area contributed by atoms with Crippen molar-refractivity contribution in [2.45, 2.75) is 45.4 Å². The van der Waals surface area contributed by atoms with Crippen molar-refractivity contribution in [3.8, 4) is 0 Å². The van der Waals surface area contributed by atoms with Crippen LogP contribution < -0.4 is 10.2 Å². The minimum absolute atomic E-state index is 0.0373. The molecule has 1 N–H and O–H groups in total. The predicted octanol–water partition coefficient (Wildman–Crippen LogP) is 3.26. The highest BCUT2D eigenvalue weighted by Crippen LogP contribution is 2.48. The summed E-state index contributed by atoms with van der Waals surface area (Å²) < 4.78 is 0. The number of benzene rings is 1. The number of piperidine rings is 1.